The average molecular weight is 227 g/mol. The van der Waals surface area contributed by atoms with Crippen molar-refractivity contribution in [1.29, 1.82) is 0 Å². The van der Waals surface area contributed by atoms with E-state index in [-0.39, 0.29) is 0 Å². The Labute approximate surface area is 93.0 Å². The van der Waals surface area contributed by atoms with E-state index in [9.17, 15) is 9.32 Å². The van der Waals surface area contributed by atoms with Crippen molar-refractivity contribution in [2.24, 2.45) is 0 Å². The molecule has 0 spiro atoms. The maximum absolute atomic E-state index is 10.8. The highest BCUT2D eigenvalue weighted by molar-refractivity contribution is 7.84. The topological polar surface area (TPSA) is 49.3 Å². The quantitative estimate of drug-likeness (QED) is 0.719. The Morgan fingerprint density at radius 1 is 1.47 bits per heavy atom. The van der Waals surface area contributed by atoms with Crippen molar-refractivity contribution in [2.45, 2.75) is 13.0 Å². The van der Waals surface area contributed by atoms with E-state index in [0.717, 1.165) is 30.8 Å². The van der Waals surface area contributed by atoms with E-state index >= 15 is 0 Å². The molecule has 0 heterocycles. The standard InChI is InChI=1S/C11H17NO2S/c1-15(14)7-3-6-12-9-10-4-2-5-11(13)8-10/h2,4-5,8,12-13H,3,6-7,9H2,1H3. The number of nitrogens with one attached hydrogen (secondary N) is 1. The summed E-state index contributed by atoms with van der Waals surface area (Å²) in [5.41, 5.74) is 1.06. The van der Waals surface area contributed by atoms with Gasteiger partial charge in [-0.2, -0.15) is 0 Å². The Morgan fingerprint density at radius 2 is 2.27 bits per heavy atom. The van der Waals surface area contributed by atoms with Crippen molar-refractivity contribution in [3.63, 3.8) is 0 Å². The first-order valence-corrected chi connectivity index (χ1v) is 6.70. The zero-order valence-electron chi connectivity index (χ0n) is 8.90. The SMILES string of the molecule is CS(=O)CCCNCc1cccc(O)c1. The van der Waals surface area contributed by atoms with Gasteiger partial charge in [0, 0.05) is 29.4 Å². The number of phenolic OH excluding ortho intramolecular Hbond substituents is 1. The number of benzene rings is 1. The van der Waals surface area contributed by atoms with Crippen LogP contribution in [0.4, 0.5) is 0 Å². The van der Waals surface area contributed by atoms with E-state index in [2.05, 4.69) is 5.32 Å². The molecule has 0 aliphatic rings. The molecule has 0 bridgehead atoms. The molecule has 84 valence electrons. The van der Waals surface area contributed by atoms with Crippen molar-refractivity contribution in [2.75, 3.05) is 18.6 Å². The monoisotopic (exact) mass is 227 g/mol. The molecule has 0 saturated heterocycles. The summed E-state index contributed by atoms with van der Waals surface area (Å²) >= 11 is 0. The van der Waals surface area contributed by atoms with E-state index in [1.807, 2.05) is 12.1 Å². The molecule has 1 rings (SSSR count). The van der Waals surface area contributed by atoms with Gasteiger partial charge in [0.2, 0.25) is 0 Å². The predicted octanol–water partition coefficient (Wildman–Crippen LogP) is 1.25. The fraction of sp³-hybridized carbons (Fsp3) is 0.455. The van der Waals surface area contributed by atoms with Crippen LogP contribution in [-0.4, -0.2) is 27.9 Å². The normalized spacial score (nSPS) is 12.6. The van der Waals surface area contributed by atoms with Crippen LogP contribution in [0.1, 0.15) is 12.0 Å². The van der Waals surface area contributed by atoms with E-state index in [1.165, 1.54) is 0 Å². The maximum Gasteiger partial charge on any atom is 0.115 e. The van der Waals surface area contributed by atoms with Crippen molar-refractivity contribution in [3.05, 3.63) is 29.8 Å². The van der Waals surface area contributed by atoms with Crippen LogP contribution in [0.15, 0.2) is 24.3 Å². The molecule has 0 aliphatic carbocycles. The number of phenols is 1. The zero-order valence-corrected chi connectivity index (χ0v) is 9.72. The lowest BCUT2D eigenvalue weighted by atomic mass is 10.2. The van der Waals surface area contributed by atoms with Crippen molar-refractivity contribution >= 4 is 10.8 Å². The van der Waals surface area contributed by atoms with Crippen LogP contribution in [0.3, 0.4) is 0 Å². The summed E-state index contributed by atoms with van der Waals surface area (Å²) in [7, 11) is -0.697. The third-order valence-corrected chi connectivity index (χ3v) is 2.89. The molecule has 2 N–H and O–H groups in total. The Morgan fingerprint density at radius 3 is 2.93 bits per heavy atom. The Kier molecular flexibility index (Phi) is 5.36. The first-order chi connectivity index (χ1) is 7.18. The molecule has 0 radical (unpaired) electrons. The highest BCUT2D eigenvalue weighted by atomic mass is 32.2. The summed E-state index contributed by atoms with van der Waals surface area (Å²) in [6.45, 7) is 1.60. The van der Waals surface area contributed by atoms with Crippen LogP contribution in [0.2, 0.25) is 0 Å². The van der Waals surface area contributed by atoms with Gasteiger partial charge in [-0.15, -0.1) is 0 Å². The third kappa shape index (κ3) is 5.54. The molecule has 0 saturated carbocycles. The Balaban J connectivity index is 2.17. The molecule has 0 aliphatic heterocycles. The van der Waals surface area contributed by atoms with Gasteiger partial charge in [0.25, 0.3) is 0 Å². The molecular weight excluding hydrogens is 210 g/mol. The van der Waals surface area contributed by atoms with Crippen LogP contribution in [0.5, 0.6) is 5.75 Å². The second kappa shape index (κ2) is 6.58. The fourth-order valence-electron chi connectivity index (χ4n) is 1.30. The second-order valence-corrected chi connectivity index (χ2v) is 5.03. The van der Waals surface area contributed by atoms with E-state index in [0.29, 0.717) is 5.75 Å². The van der Waals surface area contributed by atoms with Crippen LogP contribution in [0, 0.1) is 0 Å². The molecular formula is C11H17NO2S. The summed E-state index contributed by atoms with van der Waals surface area (Å²) in [5.74, 6) is 1.04. The number of hydrogen-bond donors (Lipinski definition) is 2. The minimum absolute atomic E-state index is 0.295. The third-order valence-electron chi connectivity index (χ3n) is 2.03. The van der Waals surface area contributed by atoms with Crippen LogP contribution in [-0.2, 0) is 17.3 Å². The van der Waals surface area contributed by atoms with Gasteiger partial charge in [-0.25, -0.2) is 0 Å². The summed E-state index contributed by atoms with van der Waals surface area (Å²) in [5, 5.41) is 12.5. The van der Waals surface area contributed by atoms with Crippen molar-refractivity contribution in [3.8, 4) is 5.75 Å². The number of rotatable bonds is 6. The summed E-state index contributed by atoms with van der Waals surface area (Å²) in [6, 6.07) is 7.19. The number of aromatic hydroxyl groups is 1. The molecule has 15 heavy (non-hydrogen) atoms. The van der Waals surface area contributed by atoms with Gasteiger partial charge in [0.1, 0.15) is 5.75 Å². The molecule has 0 fully saturated rings. The highest BCUT2D eigenvalue weighted by Gasteiger charge is 1.95. The van der Waals surface area contributed by atoms with Gasteiger partial charge in [-0.05, 0) is 30.7 Å². The second-order valence-electron chi connectivity index (χ2n) is 3.48. The lowest BCUT2D eigenvalue weighted by molar-refractivity contribution is 0.474. The predicted molar refractivity (Wildman–Crippen MR) is 63.4 cm³/mol. The molecule has 0 aromatic heterocycles. The van der Waals surface area contributed by atoms with Crippen LogP contribution >= 0.6 is 0 Å². The molecule has 1 aromatic carbocycles. The van der Waals surface area contributed by atoms with E-state index < -0.39 is 10.8 Å². The average Bonchev–Trinajstić information content (AvgIpc) is 2.17. The first kappa shape index (κ1) is 12.2. The summed E-state index contributed by atoms with van der Waals surface area (Å²) in [6.07, 6.45) is 2.64. The Hall–Kier alpha value is -0.870. The van der Waals surface area contributed by atoms with E-state index in [4.69, 9.17) is 0 Å². The Bertz CT molecular complexity index is 328. The smallest absolute Gasteiger partial charge is 0.115 e. The largest absolute Gasteiger partial charge is 0.508 e. The van der Waals surface area contributed by atoms with Crippen LogP contribution in [0.25, 0.3) is 0 Å². The van der Waals surface area contributed by atoms with Gasteiger partial charge in [-0.3, -0.25) is 4.21 Å². The summed E-state index contributed by atoms with van der Waals surface area (Å²) in [4.78, 5) is 0. The molecule has 4 heteroatoms. The molecule has 1 atom stereocenters. The van der Waals surface area contributed by atoms with Crippen molar-refractivity contribution < 1.29 is 9.32 Å². The highest BCUT2D eigenvalue weighted by Crippen LogP contribution is 2.10. The van der Waals surface area contributed by atoms with Gasteiger partial charge < -0.3 is 10.4 Å². The minimum Gasteiger partial charge on any atom is -0.508 e. The molecule has 1 aromatic rings. The van der Waals surface area contributed by atoms with Gasteiger partial charge in [0.05, 0.1) is 0 Å². The lowest BCUT2D eigenvalue weighted by Gasteiger charge is -2.04. The summed E-state index contributed by atoms with van der Waals surface area (Å²) < 4.78 is 10.8. The lowest BCUT2D eigenvalue weighted by Crippen LogP contribution is -2.16. The zero-order chi connectivity index (χ0) is 11.1. The van der Waals surface area contributed by atoms with Crippen molar-refractivity contribution in [1.82, 2.24) is 5.32 Å². The van der Waals surface area contributed by atoms with Gasteiger partial charge >= 0.3 is 0 Å². The minimum atomic E-state index is -0.697. The molecule has 0 amide bonds. The van der Waals surface area contributed by atoms with E-state index in [1.54, 1.807) is 18.4 Å². The molecule has 1 unspecified atom stereocenters. The maximum atomic E-state index is 10.8. The van der Waals surface area contributed by atoms with Gasteiger partial charge in [0.15, 0.2) is 0 Å². The fourth-order valence-corrected chi connectivity index (χ4v) is 1.85. The van der Waals surface area contributed by atoms with Gasteiger partial charge in [-0.1, -0.05) is 12.1 Å². The molecule has 3 nitrogen and oxygen atoms in total. The number of hydrogen-bond acceptors (Lipinski definition) is 3. The van der Waals surface area contributed by atoms with Crippen LogP contribution < -0.4 is 5.32 Å². The first-order valence-electron chi connectivity index (χ1n) is 4.97.